The number of carboxylic acid groups (broad SMARTS) is 1. The average molecular weight is 341 g/mol. The van der Waals surface area contributed by atoms with Crippen LogP contribution in [0, 0.1) is 0 Å². The molecule has 0 saturated heterocycles. The van der Waals surface area contributed by atoms with Crippen molar-refractivity contribution in [3.63, 3.8) is 0 Å². The lowest BCUT2D eigenvalue weighted by Gasteiger charge is -2.12. The average Bonchev–Trinajstić information content (AvgIpc) is 2.40. The fourth-order valence-electron chi connectivity index (χ4n) is 1.52. The van der Waals surface area contributed by atoms with Gasteiger partial charge in [0.2, 0.25) is 0 Å². The number of carboxylic acids is 1. The van der Waals surface area contributed by atoms with Crippen LogP contribution in [0.1, 0.15) is 21.5 Å². The quantitative estimate of drug-likeness (QED) is 0.653. The molecule has 0 unspecified atom stereocenters. The molecule has 0 saturated carbocycles. The van der Waals surface area contributed by atoms with Crippen molar-refractivity contribution in [3.8, 4) is 0 Å². The van der Waals surface area contributed by atoms with Gasteiger partial charge in [-0.1, -0.05) is 0 Å². The molecule has 0 spiro atoms. The molecule has 0 heterocycles. The predicted molar refractivity (Wildman–Crippen MR) is 66.5 cm³/mol. The van der Waals surface area contributed by atoms with Crippen molar-refractivity contribution in [1.29, 1.82) is 0 Å². The first-order valence-corrected chi connectivity index (χ1v) is 5.87. The van der Waals surface area contributed by atoms with Crippen LogP contribution in [0.25, 0.3) is 6.08 Å². The molecule has 10 heteroatoms. The highest BCUT2D eigenvalue weighted by molar-refractivity contribution is 5.99. The minimum absolute atomic E-state index is 0.468. The van der Waals surface area contributed by atoms with Gasteiger partial charge >= 0.3 is 18.3 Å². The maximum atomic E-state index is 12.6. The molecule has 2 N–H and O–H groups in total. The molecule has 1 amide bonds. The molecular formula is C13H9F6NO3. The fraction of sp³-hybridized carbons (Fsp3) is 0.231. The molecule has 0 aromatic heterocycles. The zero-order valence-corrected chi connectivity index (χ0v) is 11.1. The molecule has 1 rings (SSSR count). The number of benzene rings is 1. The van der Waals surface area contributed by atoms with E-state index < -0.39 is 47.5 Å². The van der Waals surface area contributed by atoms with Gasteiger partial charge < -0.3 is 10.4 Å². The van der Waals surface area contributed by atoms with Crippen LogP contribution in [0.5, 0.6) is 0 Å². The van der Waals surface area contributed by atoms with E-state index in [0.29, 0.717) is 30.4 Å². The van der Waals surface area contributed by atoms with Gasteiger partial charge in [0, 0.05) is 11.6 Å². The van der Waals surface area contributed by atoms with Crippen LogP contribution in [0.4, 0.5) is 26.3 Å². The summed E-state index contributed by atoms with van der Waals surface area (Å²) in [6, 6.07) is 1.67. The first-order valence-electron chi connectivity index (χ1n) is 5.87. The zero-order chi connectivity index (χ0) is 17.8. The van der Waals surface area contributed by atoms with Crippen molar-refractivity contribution in [2.24, 2.45) is 0 Å². The van der Waals surface area contributed by atoms with E-state index in [1.54, 1.807) is 0 Å². The minimum Gasteiger partial charge on any atom is -0.478 e. The Morgan fingerprint density at radius 3 is 2.22 bits per heavy atom. The largest absolute Gasteiger partial charge is 0.478 e. The molecule has 1 aromatic carbocycles. The number of amides is 1. The van der Waals surface area contributed by atoms with E-state index >= 15 is 0 Å². The summed E-state index contributed by atoms with van der Waals surface area (Å²) in [5.41, 5.74) is -2.16. The summed E-state index contributed by atoms with van der Waals surface area (Å²) in [6.07, 6.45) is -8.29. The van der Waals surface area contributed by atoms with Gasteiger partial charge in [-0.15, -0.1) is 0 Å². The lowest BCUT2D eigenvalue weighted by Crippen LogP contribution is -2.34. The van der Waals surface area contributed by atoms with Gasteiger partial charge in [0.25, 0.3) is 5.91 Å². The first-order chi connectivity index (χ1) is 10.4. The molecule has 0 fully saturated rings. The Hall–Kier alpha value is -2.52. The van der Waals surface area contributed by atoms with Crippen LogP contribution in [0.2, 0.25) is 0 Å². The van der Waals surface area contributed by atoms with Gasteiger partial charge in [0.05, 0.1) is 5.56 Å². The van der Waals surface area contributed by atoms with E-state index in [1.165, 1.54) is 5.32 Å². The third-order valence-corrected chi connectivity index (χ3v) is 2.48. The molecule has 0 aliphatic carbocycles. The lowest BCUT2D eigenvalue weighted by molar-refractivity contribution is -0.137. The van der Waals surface area contributed by atoms with E-state index in [-0.39, 0.29) is 0 Å². The van der Waals surface area contributed by atoms with Crippen LogP contribution >= 0.6 is 0 Å². The highest BCUT2D eigenvalue weighted by atomic mass is 19.4. The van der Waals surface area contributed by atoms with Crippen LogP contribution in [-0.2, 0) is 11.0 Å². The van der Waals surface area contributed by atoms with Crippen LogP contribution in [-0.4, -0.2) is 29.7 Å². The van der Waals surface area contributed by atoms with Gasteiger partial charge in [-0.05, 0) is 29.8 Å². The van der Waals surface area contributed by atoms with E-state index in [4.69, 9.17) is 5.11 Å². The Balaban J connectivity index is 3.19. The number of aliphatic carboxylic acids is 1. The second kappa shape index (κ2) is 6.71. The van der Waals surface area contributed by atoms with Gasteiger partial charge in [0.15, 0.2) is 0 Å². The number of halogens is 6. The molecule has 4 nitrogen and oxygen atoms in total. The third kappa shape index (κ3) is 6.01. The van der Waals surface area contributed by atoms with Crippen molar-refractivity contribution < 1.29 is 41.0 Å². The summed E-state index contributed by atoms with van der Waals surface area (Å²) in [7, 11) is 0. The number of alkyl halides is 6. The standard InChI is InChI=1S/C13H9F6NO3/c14-12(15,16)6-20-11(23)9-3-2-8(13(17,18)19)5-7(9)1-4-10(21)22/h1-5H,6H2,(H,20,23)(H,21,22)/b4-1+. The number of hydrogen-bond donors (Lipinski definition) is 2. The molecule has 0 bridgehead atoms. The van der Waals surface area contributed by atoms with Gasteiger partial charge in [-0.25, -0.2) is 4.79 Å². The number of hydrogen-bond acceptors (Lipinski definition) is 2. The van der Waals surface area contributed by atoms with E-state index in [9.17, 15) is 35.9 Å². The summed E-state index contributed by atoms with van der Waals surface area (Å²) in [6.45, 7) is -1.67. The van der Waals surface area contributed by atoms with Crippen molar-refractivity contribution in [2.45, 2.75) is 12.4 Å². The molecule has 0 radical (unpaired) electrons. The monoisotopic (exact) mass is 341 g/mol. The number of carbonyl (C=O) groups excluding carboxylic acids is 1. The van der Waals surface area contributed by atoms with E-state index in [0.717, 1.165) is 0 Å². The van der Waals surface area contributed by atoms with Crippen molar-refractivity contribution in [3.05, 3.63) is 41.0 Å². The predicted octanol–water partition coefficient (Wildman–Crippen LogP) is 3.10. The van der Waals surface area contributed by atoms with Crippen molar-refractivity contribution in [1.82, 2.24) is 5.32 Å². The van der Waals surface area contributed by atoms with Crippen LogP contribution in [0.15, 0.2) is 24.3 Å². The van der Waals surface area contributed by atoms with Crippen LogP contribution < -0.4 is 5.32 Å². The molecule has 23 heavy (non-hydrogen) atoms. The van der Waals surface area contributed by atoms with Crippen molar-refractivity contribution in [2.75, 3.05) is 6.54 Å². The van der Waals surface area contributed by atoms with Crippen LogP contribution in [0.3, 0.4) is 0 Å². The normalized spacial score (nSPS) is 12.4. The topological polar surface area (TPSA) is 66.4 Å². The highest BCUT2D eigenvalue weighted by Gasteiger charge is 2.32. The van der Waals surface area contributed by atoms with Crippen molar-refractivity contribution >= 4 is 18.0 Å². The minimum atomic E-state index is -4.76. The maximum absolute atomic E-state index is 12.6. The number of carbonyl (C=O) groups is 2. The Morgan fingerprint density at radius 2 is 1.74 bits per heavy atom. The van der Waals surface area contributed by atoms with Gasteiger partial charge in [0.1, 0.15) is 6.54 Å². The fourth-order valence-corrected chi connectivity index (χ4v) is 1.52. The molecular weight excluding hydrogens is 332 g/mol. The smallest absolute Gasteiger partial charge is 0.416 e. The summed E-state index contributed by atoms with van der Waals surface area (Å²) in [5.74, 6) is -2.77. The van der Waals surface area contributed by atoms with E-state index in [2.05, 4.69) is 0 Å². The molecule has 0 atom stereocenters. The van der Waals surface area contributed by atoms with E-state index in [1.807, 2.05) is 0 Å². The lowest BCUT2D eigenvalue weighted by atomic mass is 10.0. The van der Waals surface area contributed by atoms with Gasteiger partial charge in [-0.2, -0.15) is 26.3 Å². The Kier molecular flexibility index (Phi) is 5.41. The second-order valence-corrected chi connectivity index (χ2v) is 4.27. The summed E-state index contributed by atoms with van der Waals surface area (Å²) in [4.78, 5) is 22.1. The Labute approximate surface area is 125 Å². The summed E-state index contributed by atoms with van der Waals surface area (Å²) >= 11 is 0. The molecule has 1 aromatic rings. The second-order valence-electron chi connectivity index (χ2n) is 4.27. The SMILES string of the molecule is O=C(O)/C=C/c1cc(C(F)(F)F)ccc1C(=O)NCC(F)(F)F. The zero-order valence-electron chi connectivity index (χ0n) is 11.1. The molecule has 126 valence electrons. The summed E-state index contributed by atoms with van der Waals surface area (Å²) < 4.78 is 74.0. The molecule has 0 aliphatic heterocycles. The maximum Gasteiger partial charge on any atom is 0.416 e. The highest BCUT2D eigenvalue weighted by Crippen LogP contribution is 2.31. The number of nitrogens with one attached hydrogen (secondary N) is 1. The molecule has 0 aliphatic rings. The Bertz CT molecular complexity index is 634. The third-order valence-electron chi connectivity index (χ3n) is 2.48. The summed E-state index contributed by atoms with van der Waals surface area (Å²) in [5, 5.41) is 9.98. The van der Waals surface area contributed by atoms with Gasteiger partial charge in [-0.3, -0.25) is 4.79 Å². The number of rotatable bonds is 4. The Morgan fingerprint density at radius 1 is 1.13 bits per heavy atom. The first kappa shape index (κ1) is 18.5.